The summed E-state index contributed by atoms with van der Waals surface area (Å²) in [6.07, 6.45) is 4.56. The highest BCUT2D eigenvalue weighted by Crippen LogP contribution is 2.29. The maximum atomic E-state index is 11.7. The Morgan fingerprint density at radius 1 is 1.53 bits per heavy atom. The Labute approximate surface area is 114 Å². The Balaban J connectivity index is 1.51. The summed E-state index contributed by atoms with van der Waals surface area (Å²) in [6, 6.07) is 0. The Morgan fingerprint density at radius 2 is 2.32 bits per heavy atom. The molecule has 2 fully saturated rings. The lowest BCUT2D eigenvalue weighted by Crippen LogP contribution is -2.37. The normalized spacial score (nSPS) is 20.7. The lowest BCUT2D eigenvalue weighted by molar-refractivity contribution is -0.132. The van der Waals surface area contributed by atoms with Crippen molar-refractivity contribution < 1.29 is 14.3 Å². The van der Waals surface area contributed by atoms with E-state index in [4.69, 9.17) is 4.74 Å². The number of amides is 2. The van der Waals surface area contributed by atoms with Gasteiger partial charge >= 0.3 is 0 Å². The number of likely N-dealkylation sites (tertiary alicyclic amines) is 1. The average molecular weight is 268 g/mol. The van der Waals surface area contributed by atoms with E-state index in [9.17, 15) is 9.59 Å². The van der Waals surface area contributed by atoms with Crippen LogP contribution in [0.25, 0.3) is 0 Å². The molecule has 1 aliphatic heterocycles. The number of carbonyl (C=O) groups is 2. The lowest BCUT2D eigenvalue weighted by atomic mass is 10.3. The second kappa shape index (κ2) is 6.89. The summed E-state index contributed by atoms with van der Waals surface area (Å²) in [5.74, 6) is 0.872. The zero-order chi connectivity index (χ0) is 13.7. The highest BCUT2D eigenvalue weighted by atomic mass is 16.5. The van der Waals surface area contributed by atoms with Crippen molar-refractivity contribution in [1.82, 2.24) is 10.2 Å². The van der Waals surface area contributed by atoms with Gasteiger partial charge in [-0.15, -0.1) is 0 Å². The molecule has 0 bridgehead atoms. The minimum atomic E-state index is -0.367. The number of ether oxygens (including phenoxy) is 1. The van der Waals surface area contributed by atoms with E-state index in [2.05, 4.69) is 5.32 Å². The first-order valence-electron chi connectivity index (χ1n) is 7.34. The van der Waals surface area contributed by atoms with Gasteiger partial charge in [0.2, 0.25) is 11.8 Å². The van der Waals surface area contributed by atoms with Crippen molar-refractivity contribution in [2.45, 2.75) is 45.1 Å². The second-order valence-electron chi connectivity index (χ2n) is 5.55. The van der Waals surface area contributed by atoms with Crippen molar-refractivity contribution >= 4 is 11.8 Å². The van der Waals surface area contributed by atoms with Gasteiger partial charge in [-0.25, -0.2) is 0 Å². The highest BCUT2D eigenvalue weighted by Gasteiger charge is 2.24. The Hall–Kier alpha value is -1.10. The molecule has 1 saturated heterocycles. The summed E-state index contributed by atoms with van der Waals surface area (Å²) in [6.45, 7) is 4.72. The third-order valence-electron chi connectivity index (χ3n) is 3.72. The zero-order valence-corrected chi connectivity index (χ0v) is 11.7. The predicted octanol–water partition coefficient (Wildman–Crippen LogP) is 0.930. The topological polar surface area (TPSA) is 58.6 Å². The van der Waals surface area contributed by atoms with Gasteiger partial charge < -0.3 is 15.0 Å². The molecule has 2 amide bonds. The Kier molecular flexibility index (Phi) is 5.19. The average Bonchev–Trinajstić information content (AvgIpc) is 3.14. The fourth-order valence-electron chi connectivity index (χ4n) is 2.21. The van der Waals surface area contributed by atoms with E-state index < -0.39 is 0 Å². The lowest BCUT2D eigenvalue weighted by Gasteiger charge is -2.16. The number of hydrogen-bond acceptors (Lipinski definition) is 3. The van der Waals surface area contributed by atoms with Gasteiger partial charge in [-0.3, -0.25) is 9.59 Å². The third-order valence-corrected chi connectivity index (χ3v) is 3.72. The van der Waals surface area contributed by atoms with Gasteiger partial charge in [-0.1, -0.05) is 0 Å². The van der Waals surface area contributed by atoms with Gasteiger partial charge in [0.05, 0.1) is 6.61 Å². The summed E-state index contributed by atoms with van der Waals surface area (Å²) >= 11 is 0. The molecular formula is C14H24N2O3. The zero-order valence-electron chi connectivity index (χ0n) is 11.7. The molecule has 108 valence electrons. The van der Waals surface area contributed by atoms with E-state index >= 15 is 0 Å². The molecule has 5 heteroatoms. The number of hydrogen-bond donors (Lipinski definition) is 1. The van der Waals surface area contributed by atoms with Crippen LogP contribution in [0.5, 0.6) is 0 Å². The standard InChI is InChI=1S/C14H24N2O3/c1-11(19-10-12-5-6-12)14(18)15-7-3-9-16-8-2-4-13(16)17/h11-12H,2-10H2,1H3,(H,15,18). The molecule has 5 nitrogen and oxygen atoms in total. The largest absolute Gasteiger partial charge is 0.368 e. The van der Waals surface area contributed by atoms with Crippen LogP contribution >= 0.6 is 0 Å². The molecule has 0 spiro atoms. The molecule has 1 saturated carbocycles. The van der Waals surface area contributed by atoms with Crippen LogP contribution in [0.1, 0.15) is 39.0 Å². The van der Waals surface area contributed by atoms with Crippen LogP contribution in [0.2, 0.25) is 0 Å². The summed E-state index contributed by atoms with van der Waals surface area (Å²) in [7, 11) is 0. The van der Waals surface area contributed by atoms with Gasteiger partial charge in [0.1, 0.15) is 6.10 Å². The molecule has 0 radical (unpaired) electrons. The van der Waals surface area contributed by atoms with E-state index in [1.807, 2.05) is 4.90 Å². The van der Waals surface area contributed by atoms with Gasteiger partial charge in [0, 0.05) is 26.1 Å². The summed E-state index contributed by atoms with van der Waals surface area (Å²) in [5.41, 5.74) is 0. The van der Waals surface area contributed by atoms with E-state index in [0.717, 1.165) is 25.9 Å². The molecule has 1 N–H and O–H groups in total. The van der Waals surface area contributed by atoms with Crippen LogP contribution in [-0.2, 0) is 14.3 Å². The van der Waals surface area contributed by atoms with Crippen LogP contribution in [0, 0.1) is 5.92 Å². The Morgan fingerprint density at radius 3 is 2.95 bits per heavy atom. The van der Waals surface area contributed by atoms with Crippen LogP contribution in [0.15, 0.2) is 0 Å². The minimum absolute atomic E-state index is 0.0478. The van der Waals surface area contributed by atoms with Crippen molar-refractivity contribution in [3.8, 4) is 0 Å². The van der Waals surface area contributed by atoms with Crippen molar-refractivity contribution in [2.75, 3.05) is 26.2 Å². The number of nitrogens with zero attached hydrogens (tertiary/aromatic N) is 1. The van der Waals surface area contributed by atoms with E-state index in [-0.39, 0.29) is 17.9 Å². The van der Waals surface area contributed by atoms with E-state index in [0.29, 0.717) is 25.5 Å². The number of carbonyl (C=O) groups excluding carboxylic acids is 2. The molecule has 0 aromatic heterocycles. The molecule has 0 aromatic rings. The van der Waals surface area contributed by atoms with E-state index in [1.54, 1.807) is 6.92 Å². The maximum Gasteiger partial charge on any atom is 0.248 e. The monoisotopic (exact) mass is 268 g/mol. The van der Waals surface area contributed by atoms with Crippen LogP contribution < -0.4 is 5.32 Å². The minimum Gasteiger partial charge on any atom is -0.368 e. The molecule has 2 rings (SSSR count). The van der Waals surface area contributed by atoms with Crippen LogP contribution in [0.3, 0.4) is 0 Å². The molecule has 1 heterocycles. The first-order valence-corrected chi connectivity index (χ1v) is 7.34. The molecule has 1 atom stereocenters. The fourth-order valence-corrected chi connectivity index (χ4v) is 2.21. The first-order chi connectivity index (χ1) is 9.16. The second-order valence-corrected chi connectivity index (χ2v) is 5.55. The predicted molar refractivity (Wildman–Crippen MR) is 71.6 cm³/mol. The van der Waals surface area contributed by atoms with Gasteiger partial charge in [-0.05, 0) is 38.5 Å². The first kappa shape index (κ1) is 14.3. The quantitative estimate of drug-likeness (QED) is 0.666. The van der Waals surface area contributed by atoms with Crippen molar-refractivity contribution in [1.29, 1.82) is 0 Å². The Bertz CT molecular complexity index is 329. The third kappa shape index (κ3) is 4.82. The van der Waals surface area contributed by atoms with Gasteiger partial charge in [0.15, 0.2) is 0 Å². The van der Waals surface area contributed by atoms with Gasteiger partial charge in [-0.2, -0.15) is 0 Å². The number of nitrogens with one attached hydrogen (secondary N) is 1. The summed E-state index contributed by atoms with van der Waals surface area (Å²) in [4.78, 5) is 25.0. The van der Waals surface area contributed by atoms with E-state index in [1.165, 1.54) is 12.8 Å². The van der Waals surface area contributed by atoms with Crippen LogP contribution in [0.4, 0.5) is 0 Å². The molecule has 19 heavy (non-hydrogen) atoms. The van der Waals surface area contributed by atoms with Crippen molar-refractivity contribution in [3.63, 3.8) is 0 Å². The SMILES string of the molecule is CC(OCC1CC1)C(=O)NCCCN1CCCC1=O. The maximum absolute atomic E-state index is 11.7. The van der Waals surface area contributed by atoms with Crippen molar-refractivity contribution in [2.24, 2.45) is 5.92 Å². The summed E-state index contributed by atoms with van der Waals surface area (Å²) in [5, 5.41) is 2.86. The molecule has 0 aromatic carbocycles. The highest BCUT2D eigenvalue weighted by molar-refractivity contribution is 5.80. The van der Waals surface area contributed by atoms with Crippen LogP contribution in [-0.4, -0.2) is 49.1 Å². The molecule has 2 aliphatic rings. The molecule has 1 aliphatic carbocycles. The van der Waals surface area contributed by atoms with Gasteiger partial charge in [0.25, 0.3) is 0 Å². The van der Waals surface area contributed by atoms with Crippen molar-refractivity contribution in [3.05, 3.63) is 0 Å². The molecule has 1 unspecified atom stereocenters. The molecular weight excluding hydrogens is 244 g/mol. The number of rotatable bonds is 8. The summed E-state index contributed by atoms with van der Waals surface area (Å²) < 4.78 is 5.50. The smallest absolute Gasteiger partial charge is 0.248 e. The fraction of sp³-hybridized carbons (Fsp3) is 0.857.